The lowest BCUT2D eigenvalue weighted by molar-refractivity contribution is 0.0695. The zero-order valence-electron chi connectivity index (χ0n) is 10.3. The lowest BCUT2D eigenvalue weighted by Crippen LogP contribution is -2.09. The van der Waals surface area contributed by atoms with Crippen LogP contribution >= 0.6 is 0 Å². The second kappa shape index (κ2) is 5.69. The van der Waals surface area contributed by atoms with Gasteiger partial charge in [-0.1, -0.05) is 32.4 Å². The van der Waals surface area contributed by atoms with Gasteiger partial charge < -0.3 is 5.11 Å². The highest BCUT2D eigenvalue weighted by atomic mass is 16.4. The smallest absolute Gasteiger partial charge is 0.335 e. The Balaban J connectivity index is 3.22. The van der Waals surface area contributed by atoms with Crippen LogP contribution in [0.2, 0.25) is 0 Å². The molecule has 88 valence electrons. The molecule has 0 spiro atoms. The molecule has 0 aliphatic carbocycles. The molecule has 0 radical (unpaired) electrons. The molecule has 1 rings (SSSR count). The minimum atomic E-state index is -0.812. The van der Waals surface area contributed by atoms with Crippen LogP contribution in [-0.4, -0.2) is 11.1 Å². The molecule has 0 heterocycles. The van der Waals surface area contributed by atoms with Gasteiger partial charge >= 0.3 is 5.97 Å². The van der Waals surface area contributed by atoms with Crippen molar-refractivity contribution in [1.82, 2.24) is 0 Å². The summed E-state index contributed by atoms with van der Waals surface area (Å²) < 4.78 is 0. The number of aromatic carboxylic acids is 1. The highest BCUT2D eigenvalue weighted by Gasteiger charge is 2.18. The highest BCUT2D eigenvalue weighted by Crippen LogP contribution is 2.30. The van der Waals surface area contributed by atoms with E-state index in [9.17, 15) is 9.90 Å². The number of carboxylic acid groups (broad SMARTS) is 1. The Hall–Kier alpha value is -1.31. The Bertz CT molecular complexity index is 369. The van der Waals surface area contributed by atoms with Crippen LogP contribution in [0.25, 0.3) is 0 Å². The molecule has 1 aromatic carbocycles. The van der Waals surface area contributed by atoms with E-state index >= 15 is 0 Å². The first kappa shape index (κ1) is 12.8. The summed E-state index contributed by atoms with van der Waals surface area (Å²) in [5, 5.41) is 9.20. The predicted molar refractivity (Wildman–Crippen MR) is 66.1 cm³/mol. The molecule has 0 saturated heterocycles. The second-order valence-corrected chi connectivity index (χ2v) is 4.24. The SMILES string of the molecule is CCCC(CC)c1c(C)cccc1C(=O)O. The van der Waals surface area contributed by atoms with Crippen molar-refractivity contribution in [3.63, 3.8) is 0 Å². The standard InChI is InChI=1S/C14H20O2/c1-4-7-11(5-2)13-10(3)8-6-9-12(13)14(15)16/h6,8-9,11H,4-5,7H2,1-3H3,(H,15,16). The molecule has 1 N–H and O–H groups in total. The molecule has 1 aromatic rings. The highest BCUT2D eigenvalue weighted by molar-refractivity contribution is 5.90. The van der Waals surface area contributed by atoms with Gasteiger partial charge in [-0.05, 0) is 42.9 Å². The van der Waals surface area contributed by atoms with Gasteiger partial charge in [-0.15, -0.1) is 0 Å². The molecule has 0 aliphatic rings. The first-order chi connectivity index (χ1) is 7.61. The number of hydrogen-bond acceptors (Lipinski definition) is 1. The van der Waals surface area contributed by atoms with Crippen molar-refractivity contribution in [2.45, 2.75) is 46.0 Å². The van der Waals surface area contributed by atoms with Gasteiger partial charge in [-0.2, -0.15) is 0 Å². The van der Waals surface area contributed by atoms with E-state index in [-0.39, 0.29) is 0 Å². The summed E-state index contributed by atoms with van der Waals surface area (Å²) >= 11 is 0. The number of benzene rings is 1. The van der Waals surface area contributed by atoms with Crippen LogP contribution in [0.3, 0.4) is 0 Å². The van der Waals surface area contributed by atoms with Crippen molar-refractivity contribution < 1.29 is 9.90 Å². The normalized spacial score (nSPS) is 12.4. The van der Waals surface area contributed by atoms with Crippen LogP contribution in [-0.2, 0) is 0 Å². The van der Waals surface area contributed by atoms with Crippen molar-refractivity contribution in [2.24, 2.45) is 0 Å². The van der Waals surface area contributed by atoms with Gasteiger partial charge in [-0.3, -0.25) is 0 Å². The molecule has 16 heavy (non-hydrogen) atoms. The summed E-state index contributed by atoms with van der Waals surface area (Å²) in [5.41, 5.74) is 2.60. The van der Waals surface area contributed by atoms with Crippen LogP contribution in [0.15, 0.2) is 18.2 Å². The summed E-state index contributed by atoms with van der Waals surface area (Å²) in [6.07, 6.45) is 3.15. The van der Waals surface area contributed by atoms with Gasteiger partial charge in [0.25, 0.3) is 0 Å². The number of carbonyl (C=O) groups is 1. The molecular weight excluding hydrogens is 200 g/mol. The van der Waals surface area contributed by atoms with E-state index in [1.165, 1.54) is 0 Å². The zero-order chi connectivity index (χ0) is 12.1. The van der Waals surface area contributed by atoms with Gasteiger partial charge in [0.05, 0.1) is 5.56 Å². The fraction of sp³-hybridized carbons (Fsp3) is 0.500. The minimum Gasteiger partial charge on any atom is -0.478 e. The summed E-state index contributed by atoms with van der Waals surface area (Å²) in [5.74, 6) is -0.439. The number of aryl methyl sites for hydroxylation is 1. The van der Waals surface area contributed by atoms with Gasteiger partial charge in [-0.25, -0.2) is 4.79 Å². The molecule has 0 aromatic heterocycles. The maximum Gasteiger partial charge on any atom is 0.335 e. The van der Waals surface area contributed by atoms with Gasteiger partial charge in [0.15, 0.2) is 0 Å². The Morgan fingerprint density at radius 1 is 1.38 bits per heavy atom. The van der Waals surface area contributed by atoms with Crippen molar-refractivity contribution >= 4 is 5.97 Å². The Morgan fingerprint density at radius 3 is 2.56 bits per heavy atom. The molecule has 0 amide bonds. The van der Waals surface area contributed by atoms with E-state index in [0.29, 0.717) is 11.5 Å². The number of rotatable bonds is 5. The maximum atomic E-state index is 11.2. The molecular formula is C14H20O2. The van der Waals surface area contributed by atoms with Crippen LogP contribution < -0.4 is 0 Å². The molecule has 0 fully saturated rings. The van der Waals surface area contributed by atoms with Gasteiger partial charge in [0.1, 0.15) is 0 Å². The van der Waals surface area contributed by atoms with Crippen LogP contribution in [0.5, 0.6) is 0 Å². The fourth-order valence-corrected chi connectivity index (χ4v) is 2.31. The van der Waals surface area contributed by atoms with Gasteiger partial charge in [0, 0.05) is 0 Å². The molecule has 2 heteroatoms. The lowest BCUT2D eigenvalue weighted by Gasteiger charge is -2.19. The molecule has 0 saturated carbocycles. The van der Waals surface area contributed by atoms with Gasteiger partial charge in [0.2, 0.25) is 0 Å². The van der Waals surface area contributed by atoms with E-state index in [1.807, 2.05) is 19.1 Å². The Morgan fingerprint density at radius 2 is 2.06 bits per heavy atom. The predicted octanol–water partition coefficient (Wildman–Crippen LogP) is 3.99. The lowest BCUT2D eigenvalue weighted by atomic mass is 9.85. The van der Waals surface area contributed by atoms with Crippen LogP contribution in [0, 0.1) is 6.92 Å². The minimum absolute atomic E-state index is 0.372. The second-order valence-electron chi connectivity index (χ2n) is 4.24. The average Bonchev–Trinajstić information content (AvgIpc) is 2.26. The molecule has 1 unspecified atom stereocenters. The quantitative estimate of drug-likeness (QED) is 0.814. The Labute approximate surface area is 97.3 Å². The zero-order valence-corrected chi connectivity index (χ0v) is 10.3. The van der Waals surface area contributed by atoms with Crippen molar-refractivity contribution in [2.75, 3.05) is 0 Å². The summed E-state index contributed by atoms with van der Waals surface area (Å²) in [6, 6.07) is 5.53. The number of hydrogen-bond donors (Lipinski definition) is 1. The maximum absolute atomic E-state index is 11.2. The largest absolute Gasteiger partial charge is 0.478 e. The van der Waals surface area contributed by atoms with Crippen LogP contribution in [0.1, 0.15) is 60.5 Å². The molecule has 0 bridgehead atoms. The summed E-state index contributed by atoms with van der Waals surface area (Å²) in [4.78, 5) is 11.2. The van der Waals surface area contributed by atoms with Crippen molar-refractivity contribution in [3.05, 3.63) is 34.9 Å². The third-order valence-electron chi connectivity index (χ3n) is 3.09. The molecule has 1 atom stereocenters. The Kier molecular flexibility index (Phi) is 4.53. The fourth-order valence-electron chi connectivity index (χ4n) is 2.31. The first-order valence-electron chi connectivity index (χ1n) is 5.94. The van der Waals surface area contributed by atoms with Crippen molar-refractivity contribution in [1.29, 1.82) is 0 Å². The van der Waals surface area contributed by atoms with E-state index in [1.54, 1.807) is 6.07 Å². The van der Waals surface area contributed by atoms with Crippen LogP contribution in [0.4, 0.5) is 0 Å². The number of carboxylic acids is 1. The average molecular weight is 220 g/mol. The summed E-state index contributed by atoms with van der Waals surface area (Å²) in [7, 11) is 0. The monoisotopic (exact) mass is 220 g/mol. The third-order valence-corrected chi connectivity index (χ3v) is 3.09. The van der Waals surface area contributed by atoms with Crippen molar-refractivity contribution in [3.8, 4) is 0 Å². The van der Waals surface area contributed by atoms with E-state index < -0.39 is 5.97 Å². The van der Waals surface area contributed by atoms with E-state index in [4.69, 9.17) is 0 Å². The first-order valence-corrected chi connectivity index (χ1v) is 5.94. The van der Waals surface area contributed by atoms with E-state index in [2.05, 4.69) is 13.8 Å². The topological polar surface area (TPSA) is 37.3 Å². The molecule has 2 nitrogen and oxygen atoms in total. The third kappa shape index (κ3) is 2.63. The molecule has 0 aliphatic heterocycles. The van der Waals surface area contributed by atoms with E-state index in [0.717, 1.165) is 30.4 Å². The summed E-state index contributed by atoms with van der Waals surface area (Å²) in [6.45, 7) is 6.26.